The summed E-state index contributed by atoms with van der Waals surface area (Å²) in [6.45, 7) is 4.36. The van der Waals surface area contributed by atoms with Crippen molar-refractivity contribution in [2.75, 3.05) is 58.1 Å². The van der Waals surface area contributed by atoms with Crippen LogP contribution in [0.15, 0.2) is 36.5 Å². The van der Waals surface area contributed by atoms with Gasteiger partial charge in [-0.05, 0) is 58.4 Å². The van der Waals surface area contributed by atoms with E-state index in [1.165, 1.54) is 30.3 Å². The molecule has 1 saturated heterocycles. The largest absolute Gasteiger partial charge is 0.494 e. The van der Waals surface area contributed by atoms with E-state index in [2.05, 4.69) is 22.1 Å². The highest BCUT2D eigenvalue weighted by Crippen LogP contribution is 2.32. The summed E-state index contributed by atoms with van der Waals surface area (Å²) in [5.74, 6) is 5.37. The fourth-order valence-corrected chi connectivity index (χ4v) is 5.20. The Kier molecular flexibility index (Phi) is 10.6. The number of halogens is 4. The molecule has 3 heterocycles. The number of aromatic nitrogens is 2. The fourth-order valence-electron chi connectivity index (χ4n) is 5.20. The number of amides is 2. The fraction of sp³-hybridized carbons (Fsp3) is 0.485. The average Bonchev–Trinajstić information content (AvgIpc) is 3.31. The lowest BCUT2D eigenvalue weighted by Gasteiger charge is -2.33. The third-order valence-corrected chi connectivity index (χ3v) is 7.42. The van der Waals surface area contributed by atoms with Gasteiger partial charge in [-0.2, -0.15) is 13.2 Å². The Morgan fingerprint density at radius 3 is 2.51 bits per heavy atom. The zero-order chi connectivity index (χ0) is 34.7. The van der Waals surface area contributed by atoms with Crippen molar-refractivity contribution in [3.8, 4) is 17.6 Å². The molecule has 1 N–H and O–H groups in total. The van der Waals surface area contributed by atoms with Crippen LogP contribution >= 0.6 is 0 Å². The summed E-state index contributed by atoms with van der Waals surface area (Å²) in [4.78, 5) is 34.4. The van der Waals surface area contributed by atoms with Gasteiger partial charge in [0.1, 0.15) is 35.4 Å². The molecular weight excluding hydrogens is 620 g/mol. The Labute approximate surface area is 271 Å². The van der Waals surface area contributed by atoms with Gasteiger partial charge in [0.15, 0.2) is 0 Å². The number of methoxy groups -OCH3 is 1. The molecule has 0 saturated carbocycles. The molecule has 1 aliphatic heterocycles. The normalized spacial score (nSPS) is 17.1. The van der Waals surface area contributed by atoms with Crippen LogP contribution in [0.5, 0.6) is 5.75 Å². The Morgan fingerprint density at radius 2 is 1.89 bits per heavy atom. The van der Waals surface area contributed by atoms with Crippen LogP contribution in [0.3, 0.4) is 0 Å². The third kappa shape index (κ3) is 8.85. The van der Waals surface area contributed by atoms with Crippen LogP contribution in [-0.2, 0) is 11.3 Å². The predicted molar refractivity (Wildman–Crippen MR) is 172 cm³/mol. The van der Waals surface area contributed by atoms with Gasteiger partial charge in [-0.1, -0.05) is 12.0 Å². The molecule has 3 aromatic rings. The van der Waals surface area contributed by atoms with Crippen molar-refractivity contribution in [2.45, 2.75) is 57.7 Å². The van der Waals surface area contributed by atoms with Gasteiger partial charge in [0.25, 0.3) is 5.91 Å². The molecule has 0 aliphatic carbocycles. The maximum atomic E-state index is 14.8. The monoisotopic (exact) mass is 660 g/mol. The molecule has 14 heteroatoms. The van der Waals surface area contributed by atoms with E-state index in [4.69, 9.17) is 9.47 Å². The second-order valence-electron chi connectivity index (χ2n) is 12.6. The van der Waals surface area contributed by atoms with Gasteiger partial charge in [-0.15, -0.1) is 0 Å². The van der Waals surface area contributed by atoms with Crippen molar-refractivity contribution in [1.82, 2.24) is 19.4 Å². The van der Waals surface area contributed by atoms with Crippen LogP contribution in [0, 0.1) is 11.8 Å². The second-order valence-corrected chi connectivity index (χ2v) is 12.6. The Bertz CT molecular complexity index is 1670. The van der Waals surface area contributed by atoms with Gasteiger partial charge < -0.3 is 29.2 Å². The van der Waals surface area contributed by atoms with Crippen LogP contribution in [0.25, 0.3) is 10.9 Å². The molecule has 47 heavy (non-hydrogen) atoms. The highest BCUT2D eigenvalue weighted by atomic mass is 19.4. The first-order valence-electron chi connectivity index (χ1n) is 15.0. The van der Waals surface area contributed by atoms with Gasteiger partial charge in [0.05, 0.1) is 37.1 Å². The number of likely N-dealkylation sites (tertiary alicyclic amines) is 1. The zero-order valence-electron chi connectivity index (χ0n) is 27.5. The first-order valence-corrected chi connectivity index (χ1v) is 15.0. The number of ether oxygens (including phenoxy) is 2. The summed E-state index contributed by atoms with van der Waals surface area (Å²) in [6, 6.07) is 7.29. The van der Waals surface area contributed by atoms with Crippen molar-refractivity contribution in [3.05, 3.63) is 47.9 Å². The summed E-state index contributed by atoms with van der Waals surface area (Å²) < 4.78 is 68.3. The molecule has 10 nitrogen and oxygen atoms in total. The summed E-state index contributed by atoms with van der Waals surface area (Å²) in [6.07, 6.45) is -4.70. The number of piperidine rings is 1. The minimum atomic E-state index is -4.56. The molecule has 1 fully saturated rings. The second kappa shape index (κ2) is 14.1. The van der Waals surface area contributed by atoms with Crippen LogP contribution < -0.4 is 15.0 Å². The molecular formula is C33H40F4N6O4. The summed E-state index contributed by atoms with van der Waals surface area (Å²) in [5.41, 5.74) is 0.157. The maximum absolute atomic E-state index is 14.8. The van der Waals surface area contributed by atoms with E-state index in [0.29, 0.717) is 24.0 Å². The van der Waals surface area contributed by atoms with Crippen LogP contribution in [0.2, 0.25) is 0 Å². The number of alkyl halides is 4. The maximum Gasteiger partial charge on any atom is 0.415 e. The molecule has 1 aliphatic rings. The number of hydrogen-bond donors (Lipinski definition) is 1. The molecule has 0 radical (unpaired) electrons. The molecule has 0 bridgehead atoms. The van der Waals surface area contributed by atoms with Gasteiger partial charge in [-0.3, -0.25) is 9.69 Å². The van der Waals surface area contributed by atoms with E-state index in [1.54, 1.807) is 53.1 Å². The topological polar surface area (TPSA) is 92.2 Å². The van der Waals surface area contributed by atoms with E-state index in [0.717, 1.165) is 9.47 Å². The first-order chi connectivity index (χ1) is 22.0. The average molecular weight is 661 g/mol. The van der Waals surface area contributed by atoms with Gasteiger partial charge in [0.2, 0.25) is 0 Å². The Balaban J connectivity index is 1.74. The van der Waals surface area contributed by atoms with Crippen molar-refractivity contribution in [3.63, 3.8) is 0 Å². The number of pyridine rings is 1. The summed E-state index contributed by atoms with van der Waals surface area (Å²) in [7, 11) is 6.33. The molecule has 1 aromatic carbocycles. The van der Waals surface area contributed by atoms with E-state index < -0.39 is 36.6 Å². The molecule has 0 spiro atoms. The number of nitrogens with one attached hydrogen (secondary N) is 1. The first kappa shape index (κ1) is 35.3. The standard InChI is InChI=1S/C33H40F4N6O4/c1-32(2,3)47-31(45)42(28-18-38-26(17-29(28)46-7)30(44)40(4)5)14-9-10-21-16-22-24(39-25-13-15-41(6)19-23(25)34)11-8-12-27(22)43(21)20-33(35,36)37/h8,11-12,16-18,23,25,39H,13-15,19-20H2,1-7H3/t23-,25+/m0/s1. The molecule has 4 rings (SSSR count). The summed E-state index contributed by atoms with van der Waals surface area (Å²) in [5, 5.41) is 3.66. The van der Waals surface area contributed by atoms with Gasteiger partial charge in [0, 0.05) is 44.3 Å². The molecule has 2 aromatic heterocycles. The van der Waals surface area contributed by atoms with Crippen LogP contribution in [0.4, 0.5) is 33.7 Å². The van der Waals surface area contributed by atoms with Crippen LogP contribution in [-0.4, -0.2) is 103 Å². The number of hydrogen-bond acceptors (Lipinski definition) is 7. The zero-order valence-corrected chi connectivity index (χ0v) is 27.5. The lowest BCUT2D eigenvalue weighted by Crippen LogP contribution is -2.46. The van der Waals surface area contributed by atoms with Crippen molar-refractivity contribution in [2.24, 2.45) is 0 Å². The minimum absolute atomic E-state index is 0.0490. The van der Waals surface area contributed by atoms with Gasteiger partial charge >= 0.3 is 12.3 Å². The predicted octanol–water partition coefficient (Wildman–Crippen LogP) is 5.56. The lowest BCUT2D eigenvalue weighted by atomic mass is 10.0. The van der Waals surface area contributed by atoms with Gasteiger partial charge in [-0.25, -0.2) is 14.2 Å². The lowest BCUT2D eigenvalue weighted by molar-refractivity contribution is -0.140. The highest BCUT2D eigenvalue weighted by Gasteiger charge is 2.32. The number of nitrogens with zero attached hydrogens (tertiary/aromatic N) is 5. The highest BCUT2D eigenvalue weighted by molar-refractivity contribution is 5.95. The molecule has 2 atom stereocenters. The van der Waals surface area contributed by atoms with Crippen LogP contribution in [0.1, 0.15) is 43.4 Å². The SMILES string of the molecule is COc1cc(C(=O)N(C)C)ncc1N(CC#Cc1cc2c(N[C@@H]3CCN(C)C[C@@H]3F)cccc2n1CC(F)(F)F)C(=O)OC(C)(C)C. The Hall–Kier alpha value is -4.51. The molecule has 254 valence electrons. The van der Waals surface area contributed by atoms with Crippen molar-refractivity contribution < 1.29 is 36.6 Å². The molecule has 0 unspecified atom stereocenters. The quantitative estimate of drug-likeness (QED) is 0.262. The van der Waals surface area contributed by atoms with E-state index in [9.17, 15) is 27.2 Å². The minimum Gasteiger partial charge on any atom is -0.494 e. The summed E-state index contributed by atoms with van der Waals surface area (Å²) >= 11 is 0. The van der Waals surface area contributed by atoms with Crippen molar-refractivity contribution >= 4 is 34.3 Å². The number of rotatable bonds is 7. The smallest absolute Gasteiger partial charge is 0.415 e. The number of anilines is 2. The number of carbonyl (C=O) groups is 2. The van der Waals surface area contributed by atoms with E-state index in [1.807, 2.05) is 11.9 Å². The number of fused-ring (bicyclic) bond motifs is 1. The van der Waals surface area contributed by atoms with E-state index in [-0.39, 0.29) is 47.3 Å². The Morgan fingerprint density at radius 1 is 1.17 bits per heavy atom. The third-order valence-electron chi connectivity index (χ3n) is 7.42. The molecule has 2 amide bonds. The number of carbonyl (C=O) groups excluding carboxylic acids is 2. The number of benzene rings is 1. The van der Waals surface area contributed by atoms with Crippen molar-refractivity contribution in [1.29, 1.82) is 0 Å². The van der Waals surface area contributed by atoms with E-state index >= 15 is 0 Å².